The fourth-order valence-electron chi connectivity index (χ4n) is 1.07. The first-order valence-corrected chi connectivity index (χ1v) is 6.90. The van der Waals surface area contributed by atoms with Crippen LogP contribution in [-0.2, 0) is 0 Å². The molecule has 1 aliphatic heterocycles. The molecular formula is C9H9BrN2Se. The third-order valence-corrected chi connectivity index (χ3v) is 4.08. The van der Waals surface area contributed by atoms with E-state index in [0.717, 1.165) is 16.7 Å². The van der Waals surface area contributed by atoms with Gasteiger partial charge < -0.3 is 0 Å². The van der Waals surface area contributed by atoms with Crippen molar-refractivity contribution >= 4 is 41.3 Å². The average Bonchev–Trinajstić information content (AvgIpc) is 2.62. The van der Waals surface area contributed by atoms with Gasteiger partial charge in [-0.25, -0.2) is 0 Å². The van der Waals surface area contributed by atoms with Crippen molar-refractivity contribution in [3.05, 3.63) is 28.7 Å². The third-order valence-electron chi connectivity index (χ3n) is 1.68. The topological polar surface area (TPSA) is 24.4 Å². The van der Waals surface area contributed by atoms with Gasteiger partial charge in [0.25, 0.3) is 0 Å². The molecule has 1 aromatic rings. The van der Waals surface area contributed by atoms with E-state index in [-0.39, 0.29) is 0 Å². The molecule has 0 unspecified atom stereocenters. The Labute approximate surface area is 92.1 Å². The summed E-state index contributed by atoms with van der Waals surface area (Å²) in [6.45, 7) is 0.999. The molecule has 1 aliphatic rings. The Morgan fingerprint density at radius 3 is 2.69 bits per heavy atom. The van der Waals surface area contributed by atoms with Gasteiger partial charge in [-0.3, -0.25) is 0 Å². The molecule has 0 bridgehead atoms. The quantitative estimate of drug-likeness (QED) is 0.791. The Morgan fingerprint density at radius 1 is 1.31 bits per heavy atom. The van der Waals surface area contributed by atoms with Crippen molar-refractivity contribution in [1.29, 1.82) is 0 Å². The molecule has 68 valence electrons. The molecule has 0 aromatic heterocycles. The second-order valence-electron chi connectivity index (χ2n) is 2.67. The van der Waals surface area contributed by atoms with Crippen LogP contribution in [0.4, 0.5) is 5.69 Å². The van der Waals surface area contributed by atoms with Gasteiger partial charge in [-0.1, -0.05) is 0 Å². The molecule has 0 spiro atoms. The van der Waals surface area contributed by atoms with E-state index in [2.05, 4.69) is 38.4 Å². The second kappa shape index (κ2) is 4.27. The number of benzene rings is 1. The maximum absolute atomic E-state index is 4.38. The predicted molar refractivity (Wildman–Crippen MR) is 60.6 cm³/mol. The molecule has 0 saturated heterocycles. The maximum atomic E-state index is 4.38. The van der Waals surface area contributed by atoms with E-state index < -0.39 is 0 Å². The van der Waals surface area contributed by atoms with E-state index in [4.69, 9.17) is 0 Å². The van der Waals surface area contributed by atoms with Crippen molar-refractivity contribution in [3.63, 3.8) is 0 Å². The van der Waals surface area contributed by atoms with E-state index in [1.54, 1.807) is 0 Å². The number of amidine groups is 1. The van der Waals surface area contributed by atoms with Gasteiger partial charge in [0.15, 0.2) is 0 Å². The molecule has 4 heteroatoms. The fourth-order valence-corrected chi connectivity index (χ4v) is 2.90. The minimum atomic E-state index is 0.563. The molecule has 1 N–H and O–H groups in total. The van der Waals surface area contributed by atoms with Crippen LogP contribution in [0.1, 0.15) is 0 Å². The zero-order valence-corrected chi connectivity index (χ0v) is 10.3. The number of halogens is 1. The van der Waals surface area contributed by atoms with E-state index in [1.807, 2.05) is 12.1 Å². The van der Waals surface area contributed by atoms with Crippen molar-refractivity contribution in [1.82, 2.24) is 0 Å². The van der Waals surface area contributed by atoms with Crippen LogP contribution in [0.25, 0.3) is 0 Å². The monoisotopic (exact) mass is 304 g/mol. The molecule has 0 atom stereocenters. The van der Waals surface area contributed by atoms with E-state index in [0.29, 0.717) is 15.0 Å². The van der Waals surface area contributed by atoms with Crippen LogP contribution in [-0.4, -0.2) is 26.2 Å². The van der Waals surface area contributed by atoms with Gasteiger partial charge in [-0.15, -0.1) is 0 Å². The fraction of sp³-hybridized carbons (Fsp3) is 0.222. The van der Waals surface area contributed by atoms with Gasteiger partial charge in [0.05, 0.1) is 0 Å². The molecule has 0 aliphatic carbocycles. The SMILES string of the molecule is Brc1ccc(NC2=NCC[Se]2)cc1. The van der Waals surface area contributed by atoms with Crippen LogP contribution in [0.15, 0.2) is 33.7 Å². The number of nitrogens with zero attached hydrogens (tertiary/aromatic N) is 1. The van der Waals surface area contributed by atoms with Crippen LogP contribution in [0, 0.1) is 0 Å². The van der Waals surface area contributed by atoms with Crippen molar-refractivity contribution in [3.8, 4) is 0 Å². The number of rotatable bonds is 1. The van der Waals surface area contributed by atoms with Crippen molar-refractivity contribution in [2.75, 3.05) is 11.9 Å². The van der Waals surface area contributed by atoms with Gasteiger partial charge in [-0.05, 0) is 0 Å². The molecule has 0 amide bonds. The molecule has 1 heterocycles. The van der Waals surface area contributed by atoms with Crippen LogP contribution < -0.4 is 5.32 Å². The number of hydrogen-bond donors (Lipinski definition) is 1. The second-order valence-corrected chi connectivity index (χ2v) is 5.86. The van der Waals surface area contributed by atoms with Crippen LogP contribution in [0.5, 0.6) is 0 Å². The molecule has 0 saturated carbocycles. The van der Waals surface area contributed by atoms with E-state index in [9.17, 15) is 0 Å². The summed E-state index contributed by atoms with van der Waals surface area (Å²) < 4.78 is 2.28. The Balaban J connectivity index is 2.05. The summed E-state index contributed by atoms with van der Waals surface area (Å²) >= 11 is 3.97. The standard InChI is InChI=1S/C9H9BrN2Se/c10-7-1-3-8(4-2-7)12-9-11-5-6-13-9/h1-4H,5-6H2,(H,11,12). The van der Waals surface area contributed by atoms with Gasteiger partial charge >= 0.3 is 92.2 Å². The summed E-state index contributed by atoms with van der Waals surface area (Å²) in [6, 6.07) is 8.18. The number of aliphatic imine (C=N–C) groups is 1. The number of anilines is 1. The van der Waals surface area contributed by atoms with E-state index >= 15 is 0 Å². The predicted octanol–water partition coefficient (Wildman–Crippen LogP) is 2.35. The van der Waals surface area contributed by atoms with Crippen molar-refractivity contribution < 1.29 is 0 Å². The summed E-state index contributed by atoms with van der Waals surface area (Å²) in [5.41, 5.74) is 1.13. The Bertz CT molecular complexity index is 321. The third kappa shape index (κ3) is 2.56. The summed E-state index contributed by atoms with van der Waals surface area (Å²) in [5, 5.41) is 4.57. The molecule has 13 heavy (non-hydrogen) atoms. The zero-order chi connectivity index (χ0) is 9.10. The summed E-state index contributed by atoms with van der Waals surface area (Å²) in [6.07, 6.45) is 0. The average molecular weight is 304 g/mol. The Morgan fingerprint density at radius 2 is 2.08 bits per heavy atom. The normalized spacial score (nSPS) is 15.6. The van der Waals surface area contributed by atoms with Crippen LogP contribution >= 0.6 is 15.9 Å². The molecule has 2 rings (SSSR count). The Hall–Kier alpha value is -0.311. The van der Waals surface area contributed by atoms with E-state index in [1.165, 1.54) is 10.1 Å². The van der Waals surface area contributed by atoms with Gasteiger partial charge in [-0.2, -0.15) is 0 Å². The summed E-state index contributed by atoms with van der Waals surface area (Å²) in [7, 11) is 0. The molecule has 0 fully saturated rings. The molecule has 2 nitrogen and oxygen atoms in total. The van der Waals surface area contributed by atoms with Crippen LogP contribution in [0.3, 0.4) is 0 Å². The van der Waals surface area contributed by atoms with Crippen LogP contribution in [0.2, 0.25) is 5.32 Å². The number of nitrogens with one attached hydrogen (secondary N) is 1. The number of hydrogen-bond acceptors (Lipinski definition) is 2. The van der Waals surface area contributed by atoms with Crippen molar-refractivity contribution in [2.24, 2.45) is 4.99 Å². The summed E-state index contributed by atoms with van der Waals surface area (Å²) in [5.74, 6) is 0. The van der Waals surface area contributed by atoms with Gasteiger partial charge in [0, 0.05) is 0 Å². The first-order chi connectivity index (χ1) is 6.34. The Kier molecular flexibility index (Phi) is 3.04. The molecular weight excluding hydrogens is 295 g/mol. The minimum absolute atomic E-state index is 0.563. The van der Waals surface area contributed by atoms with Crippen molar-refractivity contribution in [2.45, 2.75) is 5.32 Å². The summed E-state index contributed by atoms with van der Waals surface area (Å²) in [4.78, 5) is 4.38. The van der Waals surface area contributed by atoms with Gasteiger partial charge in [0.2, 0.25) is 0 Å². The first kappa shape index (κ1) is 9.25. The van der Waals surface area contributed by atoms with Gasteiger partial charge in [0.1, 0.15) is 0 Å². The molecule has 0 radical (unpaired) electrons. The zero-order valence-electron chi connectivity index (χ0n) is 6.96. The first-order valence-electron chi connectivity index (χ1n) is 4.04. The molecule has 1 aromatic carbocycles.